The number of carbonyl (C=O) groups is 2. The van der Waals surface area contributed by atoms with E-state index >= 15 is 0 Å². The van der Waals surface area contributed by atoms with Crippen LogP contribution in [0.25, 0.3) is 0 Å². The molecule has 2 aromatic rings. The number of amides is 2. The van der Waals surface area contributed by atoms with Gasteiger partial charge < -0.3 is 19.7 Å². The number of rotatable bonds is 5. The van der Waals surface area contributed by atoms with Gasteiger partial charge in [0.25, 0.3) is 11.8 Å². The highest BCUT2D eigenvalue weighted by Gasteiger charge is 2.49. The molecular formula is C23H27N3O4. The van der Waals surface area contributed by atoms with E-state index in [4.69, 9.17) is 9.47 Å². The van der Waals surface area contributed by atoms with Crippen LogP contribution >= 0.6 is 0 Å². The van der Waals surface area contributed by atoms with Crippen molar-refractivity contribution in [2.75, 3.05) is 25.0 Å². The monoisotopic (exact) mass is 409 g/mol. The predicted octanol–water partition coefficient (Wildman–Crippen LogP) is 2.89. The molecule has 2 amide bonds. The molecule has 0 saturated carbocycles. The lowest BCUT2D eigenvalue weighted by molar-refractivity contribution is -0.152. The molecule has 0 unspecified atom stereocenters. The Bertz CT molecular complexity index is 877. The predicted molar refractivity (Wildman–Crippen MR) is 112 cm³/mol. The molecule has 2 fully saturated rings. The fraction of sp³-hybridized carbons (Fsp3) is 0.435. The second kappa shape index (κ2) is 8.83. The minimum absolute atomic E-state index is 0.0237. The Morgan fingerprint density at radius 2 is 2.07 bits per heavy atom. The number of anilines is 1. The number of benzene rings is 1. The Morgan fingerprint density at radius 3 is 2.80 bits per heavy atom. The van der Waals surface area contributed by atoms with Crippen molar-refractivity contribution in [1.82, 2.24) is 9.88 Å². The van der Waals surface area contributed by atoms with Gasteiger partial charge in [0.15, 0.2) is 6.61 Å². The molecule has 1 aromatic heterocycles. The summed E-state index contributed by atoms with van der Waals surface area (Å²) in [6.07, 6.45) is 5.03. The quantitative estimate of drug-likeness (QED) is 0.821. The van der Waals surface area contributed by atoms with Crippen LogP contribution < -0.4 is 10.1 Å². The van der Waals surface area contributed by atoms with Gasteiger partial charge in [-0.05, 0) is 43.5 Å². The molecule has 7 nitrogen and oxygen atoms in total. The second-order valence-corrected chi connectivity index (χ2v) is 8.03. The molecule has 4 rings (SSSR count). The first-order chi connectivity index (χ1) is 14.6. The number of para-hydroxylation sites is 1. The van der Waals surface area contributed by atoms with Gasteiger partial charge in [-0.25, -0.2) is 0 Å². The van der Waals surface area contributed by atoms with E-state index in [-0.39, 0.29) is 29.9 Å². The van der Waals surface area contributed by atoms with E-state index in [2.05, 4.69) is 17.2 Å². The van der Waals surface area contributed by atoms with Crippen molar-refractivity contribution in [3.05, 3.63) is 54.9 Å². The molecule has 158 valence electrons. The van der Waals surface area contributed by atoms with Crippen LogP contribution in [-0.2, 0) is 14.3 Å². The zero-order valence-corrected chi connectivity index (χ0v) is 17.1. The summed E-state index contributed by atoms with van der Waals surface area (Å²) in [6, 6.07) is 12.9. The van der Waals surface area contributed by atoms with E-state index in [1.54, 1.807) is 24.5 Å². The van der Waals surface area contributed by atoms with Crippen molar-refractivity contribution in [3.63, 3.8) is 0 Å². The van der Waals surface area contributed by atoms with Crippen molar-refractivity contribution in [2.45, 2.75) is 37.9 Å². The number of hydrogen-bond donors (Lipinski definition) is 1. The van der Waals surface area contributed by atoms with Crippen LogP contribution in [-0.4, -0.2) is 53.1 Å². The SMILES string of the molecule is C[C@@H]1CN(C(=O)COc2ccccc2)CC[C@@]12CC[C@H](C(=O)Nc1cccnc1)O2. The number of pyridine rings is 1. The highest BCUT2D eigenvalue weighted by Crippen LogP contribution is 2.42. The number of ether oxygens (including phenoxy) is 2. The Balaban J connectivity index is 1.29. The molecule has 0 aliphatic carbocycles. The molecule has 30 heavy (non-hydrogen) atoms. The van der Waals surface area contributed by atoms with E-state index in [1.165, 1.54) is 0 Å². The summed E-state index contributed by atoms with van der Waals surface area (Å²) >= 11 is 0. The van der Waals surface area contributed by atoms with Crippen molar-refractivity contribution in [2.24, 2.45) is 5.92 Å². The van der Waals surface area contributed by atoms with Crippen LogP contribution in [0.15, 0.2) is 54.9 Å². The zero-order valence-electron chi connectivity index (χ0n) is 17.1. The van der Waals surface area contributed by atoms with Gasteiger partial charge in [0.1, 0.15) is 11.9 Å². The lowest BCUT2D eigenvalue weighted by atomic mass is 9.80. The van der Waals surface area contributed by atoms with Crippen LogP contribution in [0.3, 0.4) is 0 Å². The third kappa shape index (κ3) is 4.46. The van der Waals surface area contributed by atoms with E-state index in [0.29, 0.717) is 30.9 Å². The van der Waals surface area contributed by atoms with Gasteiger partial charge in [-0.15, -0.1) is 0 Å². The summed E-state index contributed by atoms with van der Waals surface area (Å²) in [4.78, 5) is 31.0. The van der Waals surface area contributed by atoms with Crippen molar-refractivity contribution in [3.8, 4) is 5.75 Å². The first-order valence-electron chi connectivity index (χ1n) is 10.4. The van der Waals surface area contributed by atoms with E-state index in [1.807, 2.05) is 35.2 Å². The first-order valence-corrected chi connectivity index (χ1v) is 10.4. The normalized spacial score (nSPS) is 25.8. The maximum absolute atomic E-state index is 12.6. The second-order valence-electron chi connectivity index (χ2n) is 8.03. The summed E-state index contributed by atoms with van der Waals surface area (Å²) in [5, 5.41) is 2.87. The molecule has 2 saturated heterocycles. The van der Waals surface area contributed by atoms with E-state index < -0.39 is 6.10 Å². The van der Waals surface area contributed by atoms with Crippen LogP contribution in [0, 0.1) is 5.92 Å². The number of piperidine rings is 1. The molecule has 3 heterocycles. The fourth-order valence-electron chi connectivity index (χ4n) is 4.31. The minimum Gasteiger partial charge on any atom is -0.484 e. The lowest BCUT2D eigenvalue weighted by Crippen LogP contribution is -2.53. The largest absolute Gasteiger partial charge is 0.484 e. The van der Waals surface area contributed by atoms with Gasteiger partial charge in [-0.3, -0.25) is 14.6 Å². The van der Waals surface area contributed by atoms with Gasteiger partial charge >= 0.3 is 0 Å². The number of nitrogens with one attached hydrogen (secondary N) is 1. The summed E-state index contributed by atoms with van der Waals surface area (Å²) in [7, 11) is 0. The Hall–Kier alpha value is -2.93. The number of aromatic nitrogens is 1. The van der Waals surface area contributed by atoms with Gasteiger partial charge in [0, 0.05) is 25.2 Å². The highest BCUT2D eigenvalue weighted by atomic mass is 16.5. The Labute approximate surface area is 176 Å². The molecule has 0 bridgehead atoms. The average Bonchev–Trinajstić information content (AvgIpc) is 3.21. The first kappa shape index (κ1) is 20.3. The molecular weight excluding hydrogens is 382 g/mol. The van der Waals surface area contributed by atoms with Gasteiger partial charge in [-0.1, -0.05) is 25.1 Å². The molecule has 7 heteroatoms. The summed E-state index contributed by atoms with van der Waals surface area (Å²) in [5.74, 6) is 0.670. The molecule has 1 spiro atoms. The summed E-state index contributed by atoms with van der Waals surface area (Å²) in [5.41, 5.74) is 0.313. The van der Waals surface area contributed by atoms with Crippen molar-refractivity contribution < 1.29 is 19.1 Å². The number of carbonyl (C=O) groups excluding carboxylic acids is 2. The summed E-state index contributed by atoms with van der Waals surface area (Å²) in [6.45, 7) is 3.34. The maximum Gasteiger partial charge on any atom is 0.260 e. The third-order valence-corrected chi connectivity index (χ3v) is 6.08. The average molecular weight is 409 g/mol. The maximum atomic E-state index is 12.6. The topological polar surface area (TPSA) is 80.8 Å². The number of nitrogens with zero attached hydrogens (tertiary/aromatic N) is 2. The van der Waals surface area contributed by atoms with Crippen molar-refractivity contribution >= 4 is 17.5 Å². The van der Waals surface area contributed by atoms with Crippen LogP contribution in [0.5, 0.6) is 5.75 Å². The van der Waals surface area contributed by atoms with Gasteiger partial charge in [0.05, 0.1) is 17.5 Å². The molecule has 1 N–H and O–H groups in total. The van der Waals surface area contributed by atoms with Crippen LogP contribution in [0.4, 0.5) is 5.69 Å². The lowest BCUT2D eigenvalue weighted by Gasteiger charge is -2.44. The fourth-order valence-corrected chi connectivity index (χ4v) is 4.31. The van der Waals surface area contributed by atoms with E-state index in [9.17, 15) is 9.59 Å². The molecule has 3 atom stereocenters. The standard InChI is InChI=1S/C23H27N3O4/c1-17-15-26(21(27)16-29-19-7-3-2-4-8-19)13-11-23(17)10-9-20(30-23)22(28)25-18-6-5-12-24-14-18/h2-8,12,14,17,20H,9-11,13,15-16H2,1H3,(H,25,28)/t17-,20-,23+/m1/s1. The molecule has 1 aromatic carbocycles. The van der Waals surface area contributed by atoms with Gasteiger partial charge in [0.2, 0.25) is 0 Å². The summed E-state index contributed by atoms with van der Waals surface area (Å²) < 4.78 is 11.9. The van der Waals surface area contributed by atoms with Crippen LogP contribution in [0.2, 0.25) is 0 Å². The highest BCUT2D eigenvalue weighted by molar-refractivity contribution is 5.94. The molecule has 0 radical (unpaired) electrons. The zero-order chi connectivity index (χ0) is 21.0. The smallest absolute Gasteiger partial charge is 0.260 e. The van der Waals surface area contributed by atoms with E-state index in [0.717, 1.165) is 12.8 Å². The van der Waals surface area contributed by atoms with Crippen LogP contribution in [0.1, 0.15) is 26.2 Å². The molecule has 2 aliphatic rings. The third-order valence-electron chi connectivity index (χ3n) is 6.08. The Morgan fingerprint density at radius 1 is 1.23 bits per heavy atom. The number of likely N-dealkylation sites (tertiary alicyclic amines) is 1. The minimum atomic E-state index is -0.476. The Kier molecular flexibility index (Phi) is 5.99. The number of hydrogen-bond acceptors (Lipinski definition) is 5. The van der Waals surface area contributed by atoms with Crippen molar-refractivity contribution in [1.29, 1.82) is 0 Å². The van der Waals surface area contributed by atoms with Gasteiger partial charge in [-0.2, -0.15) is 0 Å². The molecule has 2 aliphatic heterocycles.